The summed E-state index contributed by atoms with van der Waals surface area (Å²) in [5.41, 5.74) is 0.891. The lowest BCUT2D eigenvalue weighted by atomic mass is 10.1. The summed E-state index contributed by atoms with van der Waals surface area (Å²) in [6.45, 7) is 4.53. The van der Waals surface area contributed by atoms with Gasteiger partial charge in [0.2, 0.25) is 5.82 Å². The minimum absolute atomic E-state index is 0.0321. The SMILES string of the molecule is CC1CCC(C(=O)Nc2ccnc(C(=O)N3CCOC4CNCC43)c2)O1.COc1cccc(F)c1F. The molecule has 4 heterocycles. The maximum Gasteiger partial charge on any atom is 0.272 e. The number of nitrogens with zero attached hydrogens (tertiary/aromatic N) is 2. The Labute approximate surface area is 208 Å². The van der Waals surface area contributed by atoms with E-state index in [4.69, 9.17) is 9.47 Å². The number of ether oxygens (including phenoxy) is 3. The van der Waals surface area contributed by atoms with Crippen molar-refractivity contribution in [2.24, 2.45) is 0 Å². The number of carbonyl (C=O) groups is 2. The number of carbonyl (C=O) groups excluding carboxylic acids is 2. The molecular formula is C25H30F2N4O5. The average molecular weight is 505 g/mol. The second-order valence-corrected chi connectivity index (χ2v) is 8.82. The van der Waals surface area contributed by atoms with Crippen molar-refractivity contribution < 1.29 is 32.6 Å². The average Bonchev–Trinajstić information content (AvgIpc) is 3.55. The van der Waals surface area contributed by atoms with Gasteiger partial charge < -0.3 is 29.7 Å². The molecule has 1 aromatic carbocycles. The van der Waals surface area contributed by atoms with Crippen molar-refractivity contribution in [3.8, 4) is 5.75 Å². The van der Waals surface area contributed by atoms with Crippen LogP contribution in [0.5, 0.6) is 5.75 Å². The Morgan fingerprint density at radius 1 is 1.22 bits per heavy atom. The number of anilines is 1. The fourth-order valence-corrected chi connectivity index (χ4v) is 4.47. The van der Waals surface area contributed by atoms with Gasteiger partial charge in [-0.25, -0.2) is 4.39 Å². The molecule has 11 heteroatoms. The van der Waals surface area contributed by atoms with Gasteiger partial charge in [0.1, 0.15) is 11.8 Å². The molecule has 0 aliphatic carbocycles. The van der Waals surface area contributed by atoms with Crippen LogP contribution in [0.1, 0.15) is 30.3 Å². The Morgan fingerprint density at radius 2 is 2.06 bits per heavy atom. The molecule has 194 valence electrons. The first-order valence-corrected chi connectivity index (χ1v) is 11.9. The minimum Gasteiger partial charge on any atom is -0.494 e. The van der Waals surface area contributed by atoms with Crippen LogP contribution in [-0.4, -0.2) is 79.4 Å². The van der Waals surface area contributed by atoms with Crippen LogP contribution in [-0.2, 0) is 14.3 Å². The Morgan fingerprint density at radius 3 is 2.78 bits per heavy atom. The van der Waals surface area contributed by atoms with Crippen LogP contribution in [0.4, 0.5) is 14.5 Å². The highest BCUT2D eigenvalue weighted by molar-refractivity contribution is 5.97. The van der Waals surface area contributed by atoms with Gasteiger partial charge in [-0.1, -0.05) is 6.07 Å². The molecule has 3 fully saturated rings. The Kier molecular flexibility index (Phi) is 8.44. The van der Waals surface area contributed by atoms with Crippen molar-refractivity contribution in [2.45, 2.75) is 44.1 Å². The van der Waals surface area contributed by atoms with E-state index in [0.29, 0.717) is 31.0 Å². The Bertz CT molecular complexity index is 1090. The number of hydrogen-bond acceptors (Lipinski definition) is 7. The minimum atomic E-state index is -0.940. The lowest BCUT2D eigenvalue weighted by molar-refractivity contribution is -0.126. The zero-order chi connectivity index (χ0) is 25.7. The second-order valence-electron chi connectivity index (χ2n) is 8.82. The molecule has 2 aromatic rings. The van der Waals surface area contributed by atoms with E-state index in [1.165, 1.54) is 19.2 Å². The highest BCUT2D eigenvalue weighted by Crippen LogP contribution is 2.23. The summed E-state index contributed by atoms with van der Waals surface area (Å²) < 4.78 is 40.6. The van der Waals surface area contributed by atoms with E-state index < -0.39 is 17.7 Å². The largest absolute Gasteiger partial charge is 0.494 e. The number of amides is 2. The molecule has 9 nitrogen and oxygen atoms in total. The maximum absolute atomic E-state index is 12.9. The van der Waals surface area contributed by atoms with Gasteiger partial charge in [-0.2, -0.15) is 4.39 Å². The molecule has 2 N–H and O–H groups in total. The number of benzene rings is 1. The Balaban J connectivity index is 0.000000256. The molecule has 3 aliphatic heterocycles. The topological polar surface area (TPSA) is 102 Å². The lowest BCUT2D eigenvalue weighted by Gasteiger charge is -2.36. The summed E-state index contributed by atoms with van der Waals surface area (Å²) in [6, 6.07) is 7.13. The van der Waals surface area contributed by atoms with Crippen LogP contribution < -0.4 is 15.4 Å². The smallest absolute Gasteiger partial charge is 0.272 e. The third-order valence-corrected chi connectivity index (χ3v) is 6.36. The number of aromatic nitrogens is 1. The van der Waals surface area contributed by atoms with Gasteiger partial charge in [0, 0.05) is 31.5 Å². The fourth-order valence-electron chi connectivity index (χ4n) is 4.47. The molecule has 3 saturated heterocycles. The van der Waals surface area contributed by atoms with Crippen molar-refractivity contribution in [2.75, 3.05) is 38.7 Å². The molecule has 0 spiro atoms. The summed E-state index contributed by atoms with van der Waals surface area (Å²) in [4.78, 5) is 31.3. The van der Waals surface area contributed by atoms with E-state index in [-0.39, 0.29) is 35.8 Å². The second kappa shape index (κ2) is 11.7. The molecule has 0 radical (unpaired) electrons. The van der Waals surface area contributed by atoms with Gasteiger partial charge in [-0.05, 0) is 44.0 Å². The molecule has 36 heavy (non-hydrogen) atoms. The molecule has 4 unspecified atom stereocenters. The molecule has 0 saturated carbocycles. The number of nitrogens with one attached hydrogen (secondary N) is 2. The van der Waals surface area contributed by atoms with E-state index in [2.05, 4.69) is 20.4 Å². The van der Waals surface area contributed by atoms with Crippen molar-refractivity contribution >= 4 is 17.5 Å². The number of pyridine rings is 1. The van der Waals surface area contributed by atoms with Gasteiger partial charge in [0.05, 0.1) is 32.0 Å². The monoisotopic (exact) mass is 504 g/mol. The first-order chi connectivity index (χ1) is 17.4. The number of halogens is 2. The summed E-state index contributed by atoms with van der Waals surface area (Å²) in [7, 11) is 1.29. The lowest BCUT2D eigenvalue weighted by Crippen LogP contribution is -2.53. The highest BCUT2D eigenvalue weighted by Gasteiger charge is 2.39. The van der Waals surface area contributed by atoms with Gasteiger partial charge >= 0.3 is 0 Å². The van der Waals surface area contributed by atoms with Crippen LogP contribution in [0.2, 0.25) is 0 Å². The van der Waals surface area contributed by atoms with E-state index in [9.17, 15) is 18.4 Å². The highest BCUT2D eigenvalue weighted by atomic mass is 19.2. The molecule has 1 aromatic heterocycles. The van der Waals surface area contributed by atoms with Crippen LogP contribution in [0.25, 0.3) is 0 Å². The van der Waals surface area contributed by atoms with Crippen molar-refractivity contribution in [3.05, 3.63) is 53.9 Å². The van der Waals surface area contributed by atoms with Crippen LogP contribution in [0, 0.1) is 11.6 Å². The van der Waals surface area contributed by atoms with E-state index in [1.807, 2.05) is 11.8 Å². The number of hydrogen-bond donors (Lipinski definition) is 2. The Hall–Kier alpha value is -3.15. The molecule has 0 bridgehead atoms. The quantitative estimate of drug-likeness (QED) is 0.659. The van der Waals surface area contributed by atoms with Gasteiger partial charge in [-0.15, -0.1) is 0 Å². The van der Waals surface area contributed by atoms with Crippen LogP contribution in [0.15, 0.2) is 36.5 Å². The van der Waals surface area contributed by atoms with Crippen molar-refractivity contribution in [3.63, 3.8) is 0 Å². The molecule has 2 amide bonds. The molecule has 3 aliphatic rings. The summed E-state index contributed by atoms with van der Waals surface area (Å²) in [6.07, 6.45) is 2.86. The van der Waals surface area contributed by atoms with Gasteiger partial charge in [0.15, 0.2) is 11.6 Å². The predicted octanol–water partition coefficient (Wildman–Crippen LogP) is 2.37. The zero-order valence-corrected chi connectivity index (χ0v) is 20.2. The standard InChI is InChI=1S/C18H24N4O4.C7H6F2O/c1-11-2-3-15(26-11)17(23)21-12-4-5-20-13(8-12)18(24)22-6-7-25-16-10-19-9-14(16)22;1-10-6-4-2-3-5(8)7(6)9/h4-5,8,11,14-16,19H,2-3,6-7,9-10H2,1H3,(H,20,21,23);2-4H,1H3. The number of methoxy groups -OCH3 is 1. The number of fused-ring (bicyclic) bond motifs is 1. The predicted molar refractivity (Wildman–Crippen MR) is 127 cm³/mol. The summed E-state index contributed by atoms with van der Waals surface area (Å²) in [5, 5.41) is 6.10. The van der Waals surface area contributed by atoms with Crippen LogP contribution in [0.3, 0.4) is 0 Å². The van der Waals surface area contributed by atoms with Gasteiger partial charge in [0.25, 0.3) is 11.8 Å². The summed E-state index contributed by atoms with van der Waals surface area (Å²) in [5.74, 6) is -2.21. The first kappa shape index (κ1) is 25.9. The third kappa shape index (κ3) is 5.97. The molecule has 4 atom stereocenters. The third-order valence-electron chi connectivity index (χ3n) is 6.36. The first-order valence-electron chi connectivity index (χ1n) is 11.9. The van der Waals surface area contributed by atoms with Crippen LogP contribution >= 0.6 is 0 Å². The van der Waals surface area contributed by atoms with E-state index in [0.717, 1.165) is 25.6 Å². The van der Waals surface area contributed by atoms with Gasteiger partial charge in [-0.3, -0.25) is 14.6 Å². The number of rotatable bonds is 4. The van der Waals surface area contributed by atoms with E-state index in [1.54, 1.807) is 18.3 Å². The normalized spacial score (nSPS) is 24.9. The fraction of sp³-hybridized carbons (Fsp3) is 0.480. The number of morpholine rings is 1. The van der Waals surface area contributed by atoms with Crippen molar-refractivity contribution in [1.82, 2.24) is 15.2 Å². The zero-order valence-electron chi connectivity index (χ0n) is 20.2. The van der Waals surface area contributed by atoms with E-state index >= 15 is 0 Å². The maximum atomic E-state index is 12.9. The summed E-state index contributed by atoms with van der Waals surface area (Å²) >= 11 is 0. The molecule has 5 rings (SSSR count). The molecular weight excluding hydrogens is 474 g/mol. The van der Waals surface area contributed by atoms with Crippen molar-refractivity contribution in [1.29, 1.82) is 0 Å².